The molecule has 0 radical (unpaired) electrons. The van der Waals surface area contributed by atoms with Crippen molar-refractivity contribution in [2.24, 2.45) is 0 Å². The molecule has 0 unspecified atom stereocenters. The van der Waals surface area contributed by atoms with E-state index in [1.54, 1.807) is 0 Å². The Bertz CT molecular complexity index is 462. The Morgan fingerprint density at radius 2 is 1.64 bits per heavy atom. The van der Waals surface area contributed by atoms with Crippen LogP contribution in [0.15, 0.2) is 30.3 Å². The Morgan fingerprint density at radius 3 is 2.27 bits per heavy atom. The minimum atomic E-state index is 0.338. The second-order valence-electron chi connectivity index (χ2n) is 6.77. The quantitative estimate of drug-likeness (QED) is 0.831. The summed E-state index contributed by atoms with van der Waals surface area (Å²) in [5, 5.41) is 0. The van der Waals surface area contributed by atoms with Crippen molar-refractivity contribution < 1.29 is 4.79 Å². The number of carbonyl (C=O) groups excluding carboxylic acids is 1. The Kier molecular flexibility index (Phi) is 5.49. The predicted octanol–water partition coefficient (Wildman–Crippen LogP) is 3.44. The van der Waals surface area contributed by atoms with Gasteiger partial charge in [0.05, 0.1) is 6.54 Å². The van der Waals surface area contributed by atoms with Crippen molar-refractivity contribution in [2.45, 2.75) is 57.5 Å². The van der Waals surface area contributed by atoms with Gasteiger partial charge in [0, 0.05) is 25.7 Å². The molecule has 1 saturated carbocycles. The van der Waals surface area contributed by atoms with Gasteiger partial charge in [-0.3, -0.25) is 9.69 Å². The van der Waals surface area contributed by atoms with Crippen LogP contribution in [0, 0.1) is 0 Å². The lowest BCUT2D eigenvalue weighted by molar-refractivity contribution is -0.133. The third-order valence-corrected chi connectivity index (χ3v) is 4.84. The van der Waals surface area contributed by atoms with E-state index >= 15 is 0 Å². The molecular formula is C19H28N2O. The van der Waals surface area contributed by atoms with E-state index in [9.17, 15) is 4.79 Å². The number of likely N-dealkylation sites (tertiary alicyclic amines) is 1. The lowest BCUT2D eigenvalue weighted by atomic mass is 10.1. The van der Waals surface area contributed by atoms with E-state index in [0.717, 1.165) is 19.6 Å². The van der Waals surface area contributed by atoms with Crippen LogP contribution in [0.2, 0.25) is 0 Å². The van der Waals surface area contributed by atoms with E-state index in [1.165, 1.54) is 50.5 Å². The maximum absolute atomic E-state index is 12.7. The van der Waals surface area contributed by atoms with E-state index in [-0.39, 0.29) is 0 Å². The average molecular weight is 300 g/mol. The molecule has 3 rings (SSSR count). The molecule has 22 heavy (non-hydrogen) atoms. The summed E-state index contributed by atoms with van der Waals surface area (Å²) in [4.78, 5) is 17.2. The van der Waals surface area contributed by atoms with Crippen molar-refractivity contribution in [1.82, 2.24) is 9.80 Å². The first-order chi connectivity index (χ1) is 10.8. The zero-order chi connectivity index (χ0) is 15.2. The largest absolute Gasteiger partial charge is 0.342 e. The standard InChI is InChI=1S/C19H28N2O/c22-19(20-13-7-2-1-3-8-14-20)16-21(18-11-12-18)15-17-9-5-4-6-10-17/h4-6,9-10,18H,1-3,7-8,11-16H2. The summed E-state index contributed by atoms with van der Waals surface area (Å²) in [6, 6.07) is 11.2. The smallest absolute Gasteiger partial charge is 0.236 e. The molecular weight excluding hydrogens is 272 g/mol. The van der Waals surface area contributed by atoms with E-state index in [0.29, 0.717) is 18.5 Å². The summed E-state index contributed by atoms with van der Waals surface area (Å²) in [7, 11) is 0. The summed E-state index contributed by atoms with van der Waals surface area (Å²) in [6.07, 6.45) is 8.74. The summed E-state index contributed by atoms with van der Waals surface area (Å²) in [5.74, 6) is 0.338. The fourth-order valence-corrected chi connectivity index (χ4v) is 3.34. The number of amides is 1. The lowest BCUT2D eigenvalue weighted by Crippen LogP contribution is -2.42. The first-order valence-corrected chi connectivity index (χ1v) is 8.89. The minimum Gasteiger partial charge on any atom is -0.342 e. The average Bonchev–Trinajstić information content (AvgIpc) is 3.31. The highest BCUT2D eigenvalue weighted by atomic mass is 16.2. The molecule has 0 aromatic heterocycles. The minimum absolute atomic E-state index is 0.338. The van der Waals surface area contributed by atoms with Gasteiger partial charge in [-0.05, 0) is 31.2 Å². The molecule has 0 spiro atoms. The molecule has 1 aromatic rings. The molecule has 2 fully saturated rings. The molecule has 1 aliphatic heterocycles. The number of hydrogen-bond donors (Lipinski definition) is 0. The van der Waals surface area contributed by atoms with E-state index in [1.807, 2.05) is 0 Å². The van der Waals surface area contributed by atoms with Gasteiger partial charge in [0.2, 0.25) is 5.91 Å². The first-order valence-electron chi connectivity index (χ1n) is 8.89. The fourth-order valence-electron chi connectivity index (χ4n) is 3.34. The lowest BCUT2D eigenvalue weighted by Gasteiger charge is -2.29. The summed E-state index contributed by atoms with van der Waals surface area (Å²) in [6.45, 7) is 3.43. The molecule has 1 aliphatic carbocycles. The van der Waals surface area contributed by atoms with Crippen LogP contribution in [0.3, 0.4) is 0 Å². The van der Waals surface area contributed by atoms with Gasteiger partial charge in [0.15, 0.2) is 0 Å². The second kappa shape index (κ2) is 7.77. The summed E-state index contributed by atoms with van der Waals surface area (Å²) in [5.41, 5.74) is 1.31. The van der Waals surface area contributed by atoms with Gasteiger partial charge in [-0.2, -0.15) is 0 Å². The number of hydrogen-bond acceptors (Lipinski definition) is 2. The zero-order valence-corrected chi connectivity index (χ0v) is 13.5. The fraction of sp³-hybridized carbons (Fsp3) is 0.632. The number of carbonyl (C=O) groups is 1. The normalized spacial score (nSPS) is 19.8. The van der Waals surface area contributed by atoms with E-state index in [4.69, 9.17) is 0 Å². The van der Waals surface area contributed by atoms with Gasteiger partial charge >= 0.3 is 0 Å². The van der Waals surface area contributed by atoms with Gasteiger partial charge in [0.25, 0.3) is 0 Å². The van der Waals surface area contributed by atoms with Crippen molar-refractivity contribution in [1.29, 1.82) is 0 Å². The molecule has 1 saturated heterocycles. The number of rotatable bonds is 5. The summed E-state index contributed by atoms with van der Waals surface area (Å²) >= 11 is 0. The van der Waals surface area contributed by atoms with Crippen LogP contribution < -0.4 is 0 Å². The van der Waals surface area contributed by atoms with Crippen molar-refractivity contribution in [3.63, 3.8) is 0 Å². The molecule has 1 amide bonds. The van der Waals surface area contributed by atoms with E-state index in [2.05, 4.69) is 40.1 Å². The monoisotopic (exact) mass is 300 g/mol. The summed E-state index contributed by atoms with van der Waals surface area (Å²) < 4.78 is 0. The van der Waals surface area contributed by atoms with Crippen LogP contribution >= 0.6 is 0 Å². The maximum atomic E-state index is 12.7. The van der Waals surface area contributed by atoms with Gasteiger partial charge in [-0.15, -0.1) is 0 Å². The maximum Gasteiger partial charge on any atom is 0.236 e. The predicted molar refractivity (Wildman–Crippen MR) is 89.5 cm³/mol. The molecule has 3 nitrogen and oxygen atoms in total. The van der Waals surface area contributed by atoms with Gasteiger partial charge < -0.3 is 4.90 Å². The Hall–Kier alpha value is -1.35. The number of benzene rings is 1. The zero-order valence-electron chi connectivity index (χ0n) is 13.5. The highest BCUT2D eigenvalue weighted by molar-refractivity contribution is 5.78. The Balaban J connectivity index is 1.56. The molecule has 1 heterocycles. The van der Waals surface area contributed by atoms with Crippen LogP contribution in [-0.4, -0.2) is 41.4 Å². The van der Waals surface area contributed by atoms with Crippen LogP contribution in [0.25, 0.3) is 0 Å². The van der Waals surface area contributed by atoms with Crippen LogP contribution in [0.5, 0.6) is 0 Å². The molecule has 0 N–H and O–H groups in total. The molecule has 120 valence electrons. The van der Waals surface area contributed by atoms with Gasteiger partial charge in [0.1, 0.15) is 0 Å². The van der Waals surface area contributed by atoms with Crippen LogP contribution in [0.1, 0.15) is 50.5 Å². The SMILES string of the molecule is O=C(CN(Cc1ccccc1)C1CC1)N1CCCCCCC1. The van der Waals surface area contributed by atoms with Crippen molar-refractivity contribution >= 4 is 5.91 Å². The molecule has 0 atom stereocenters. The van der Waals surface area contributed by atoms with Crippen LogP contribution in [0.4, 0.5) is 0 Å². The molecule has 2 aliphatic rings. The van der Waals surface area contributed by atoms with Crippen molar-refractivity contribution in [3.05, 3.63) is 35.9 Å². The van der Waals surface area contributed by atoms with Gasteiger partial charge in [-0.25, -0.2) is 0 Å². The topological polar surface area (TPSA) is 23.6 Å². The highest BCUT2D eigenvalue weighted by Gasteiger charge is 2.31. The van der Waals surface area contributed by atoms with Crippen LogP contribution in [-0.2, 0) is 11.3 Å². The van der Waals surface area contributed by atoms with Crippen molar-refractivity contribution in [2.75, 3.05) is 19.6 Å². The third-order valence-electron chi connectivity index (χ3n) is 4.84. The van der Waals surface area contributed by atoms with Gasteiger partial charge in [-0.1, -0.05) is 49.6 Å². The highest BCUT2D eigenvalue weighted by Crippen LogP contribution is 2.28. The Morgan fingerprint density at radius 1 is 1.00 bits per heavy atom. The third kappa shape index (κ3) is 4.57. The van der Waals surface area contributed by atoms with Crippen molar-refractivity contribution in [3.8, 4) is 0 Å². The first kappa shape index (κ1) is 15.5. The molecule has 0 bridgehead atoms. The molecule has 1 aromatic carbocycles. The molecule has 3 heteroatoms. The van der Waals surface area contributed by atoms with E-state index < -0.39 is 0 Å². The second-order valence-corrected chi connectivity index (χ2v) is 6.77. The number of nitrogens with zero attached hydrogens (tertiary/aromatic N) is 2. The Labute approximate surface area is 134 Å².